The Morgan fingerprint density at radius 3 is 2.42 bits per heavy atom. The Balaban J connectivity index is 1.85. The van der Waals surface area contributed by atoms with Crippen molar-refractivity contribution in [2.45, 2.75) is 25.6 Å². The van der Waals surface area contributed by atoms with Gasteiger partial charge in [0, 0.05) is 30.4 Å². The van der Waals surface area contributed by atoms with E-state index >= 15 is 0 Å². The van der Waals surface area contributed by atoms with E-state index in [4.69, 9.17) is 18.9 Å². The molecule has 5 nitrogen and oxygen atoms in total. The van der Waals surface area contributed by atoms with E-state index in [9.17, 15) is 5.11 Å². The average Bonchev–Trinajstić information content (AvgIpc) is 3.01. The maximum Gasteiger partial charge on any atom is 0.231 e. The summed E-state index contributed by atoms with van der Waals surface area (Å²) in [6, 6.07) is 11.7. The van der Waals surface area contributed by atoms with E-state index in [0.717, 1.165) is 16.9 Å². The first-order chi connectivity index (χ1) is 11.5. The van der Waals surface area contributed by atoms with Crippen molar-refractivity contribution in [3.8, 4) is 23.0 Å². The van der Waals surface area contributed by atoms with Gasteiger partial charge < -0.3 is 24.1 Å². The van der Waals surface area contributed by atoms with Crippen molar-refractivity contribution >= 4 is 0 Å². The molecular formula is C19H20O5. The molecule has 0 spiro atoms. The van der Waals surface area contributed by atoms with Crippen molar-refractivity contribution in [2.24, 2.45) is 5.92 Å². The van der Waals surface area contributed by atoms with Crippen molar-refractivity contribution in [3.63, 3.8) is 0 Å². The molecule has 3 atom stereocenters. The van der Waals surface area contributed by atoms with E-state index in [0.29, 0.717) is 17.2 Å². The van der Waals surface area contributed by atoms with E-state index in [1.54, 1.807) is 20.1 Å². The minimum atomic E-state index is -1.27. The van der Waals surface area contributed by atoms with E-state index in [1.165, 1.54) is 0 Å². The zero-order valence-corrected chi connectivity index (χ0v) is 13.9. The first-order valence-electron chi connectivity index (χ1n) is 7.98. The lowest BCUT2D eigenvalue weighted by atomic mass is 9.75. The number of methoxy groups -OCH3 is 1. The Morgan fingerprint density at radius 2 is 1.75 bits per heavy atom. The Morgan fingerprint density at radius 1 is 1.08 bits per heavy atom. The minimum Gasteiger partial charge on any atom is -0.497 e. The number of hydrogen-bond acceptors (Lipinski definition) is 5. The molecule has 0 saturated carbocycles. The molecule has 0 radical (unpaired) electrons. The quantitative estimate of drug-likeness (QED) is 0.917. The summed E-state index contributed by atoms with van der Waals surface area (Å²) in [6.07, 6.45) is 0. The molecule has 1 N–H and O–H groups in total. The molecule has 0 unspecified atom stereocenters. The molecule has 0 amide bonds. The van der Waals surface area contributed by atoms with Crippen LogP contribution in [0.3, 0.4) is 0 Å². The standard InChI is InChI=1S/C19H20O5/c1-11-18(12-4-6-13(21-3)7-5-12)14-8-16-17(23-10-22-16)9-15(14)24-19(11,2)20/h4-9,11,18,20H,10H2,1-3H3/t11-,18+,19+/m0/s1. The second kappa shape index (κ2) is 5.31. The van der Waals surface area contributed by atoms with Crippen LogP contribution < -0.4 is 18.9 Å². The molecule has 2 aromatic carbocycles. The smallest absolute Gasteiger partial charge is 0.231 e. The predicted molar refractivity (Wildman–Crippen MR) is 87.8 cm³/mol. The van der Waals surface area contributed by atoms with Crippen molar-refractivity contribution in [1.29, 1.82) is 0 Å². The fraction of sp³-hybridized carbons (Fsp3) is 0.368. The van der Waals surface area contributed by atoms with Crippen LogP contribution in [-0.2, 0) is 0 Å². The Labute approximate surface area is 140 Å². The van der Waals surface area contributed by atoms with Crippen LogP contribution in [0.15, 0.2) is 36.4 Å². The van der Waals surface area contributed by atoms with Crippen LogP contribution in [-0.4, -0.2) is 24.8 Å². The summed E-state index contributed by atoms with van der Waals surface area (Å²) in [5, 5.41) is 10.8. The number of fused-ring (bicyclic) bond motifs is 2. The third kappa shape index (κ3) is 2.27. The van der Waals surface area contributed by atoms with Crippen LogP contribution in [0.1, 0.15) is 30.9 Å². The van der Waals surface area contributed by atoms with Gasteiger partial charge in [0.1, 0.15) is 11.5 Å². The van der Waals surface area contributed by atoms with Gasteiger partial charge in [0.05, 0.1) is 7.11 Å². The third-order valence-electron chi connectivity index (χ3n) is 4.98. The minimum absolute atomic E-state index is 0.0239. The molecule has 24 heavy (non-hydrogen) atoms. The van der Waals surface area contributed by atoms with Gasteiger partial charge in [0.2, 0.25) is 12.6 Å². The van der Waals surface area contributed by atoms with Crippen molar-refractivity contribution in [2.75, 3.05) is 13.9 Å². The van der Waals surface area contributed by atoms with Crippen LogP contribution in [0.25, 0.3) is 0 Å². The molecule has 0 aromatic heterocycles. The molecule has 0 fully saturated rings. The highest BCUT2D eigenvalue weighted by atomic mass is 16.7. The third-order valence-corrected chi connectivity index (χ3v) is 4.98. The summed E-state index contributed by atoms with van der Waals surface area (Å²) in [6.45, 7) is 3.89. The van der Waals surface area contributed by atoms with Gasteiger partial charge in [-0.05, 0) is 23.8 Å². The molecule has 0 aliphatic carbocycles. The SMILES string of the molecule is COc1ccc([C@@H]2c3cc4c(cc3O[C@@](C)(O)[C@H]2C)OCO4)cc1. The maximum absolute atomic E-state index is 10.8. The van der Waals surface area contributed by atoms with Gasteiger partial charge in [-0.15, -0.1) is 0 Å². The molecule has 2 heterocycles. The molecule has 4 rings (SSSR count). The van der Waals surface area contributed by atoms with E-state index < -0.39 is 5.79 Å². The van der Waals surface area contributed by atoms with Gasteiger partial charge in [-0.2, -0.15) is 0 Å². The summed E-state index contributed by atoms with van der Waals surface area (Å²) < 4.78 is 22.0. The molecule has 0 bridgehead atoms. The largest absolute Gasteiger partial charge is 0.497 e. The summed E-state index contributed by atoms with van der Waals surface area (Å²) in [5.74, 6) is 1.35. The lowest BCUT2D eigenvalue weighted by molar-refractivity contribution is -0.171. The van der Waals surface area contributed by atoms with Crippen LogP contribution >= 0.6 is 0 Å². The zero-order valence-electron chi connectivity index (χ0n) is 13.9. The van der Waals surface area contributed by atoms with Gasteiger partial charge in [0.25, 0.3) is 0 Å². The van der Waals surface area contributed by atoms with Crippen LogP contribution in [0.4, 0.5) is 0 Å². The molecule has 2 aromatic rings. The molecule has 126 valence electrons. The van der Waals surface area contributed by atoms with Crippen LogP contribution in [0.2, 0.25) is 0 Å². The highest BCUT2D eigenvalue weighted by molar-refractivity contribution is 5.56. The van der Waals surface area contributed by atoms with Crippen molar-refractivity contribution in [1.82, 2.24) is 0 Å². The number of hydrogen-bond donors (Lipinski definition) is 1. The lowest BCUT2D eigenvalue weighted by Crippen LogP contribution is -2.45. The predicted octanol–water partition coefficient (Wildman–Crippen LogP) is 3.29. The Bertz CT molecular complexity index is 766. The van der Waals surface area contributed by atoms with Gasteiger partial charge in [-0.25, -0.2) is 0 Å². The van der Waals surface area contributed by atoms with Gasteiger partial charge in [-0.1, -0.05) is 19.1 Å². The summed E-state index contributed by atoms with van der Waals surface area (Å²) >= 11 is 0. The fourth-order valence-electron chi connectivity index (χ4n) is 3.44. The first kappa shape index (κ1) is 15.1. The highest BCUT2D eigenvalue weighted by Crippen LogP contribution is 2.51. The maximum atomic E-state index is 10.8. The van der Waals surface area contributed by atoms with Gasteiger partial charge >= 0.3 is 0 Å². The zero-order chi connectivity index (χ0) is 16.9. The normalized spacial score (nSPS) is 27.3. The molecule has 2 aliphatic rings. The fourth-order valence-corrected chi connectivity index (χ4v) is 3.44. The lowest BCUT2D eigenvalue weighted by Gasteiger charge is -2.42. The Hall–Kier alpha value is -2.40. The highest BCUT2D eigenvalue weighted by Gasteiger charge is 2.44. The van der Waals surface area contributed by atoms with Gasteiger partial charge in [-0.3, -0.25) is 0 Å². The van der Waals surface area contributed by atoms with Crippen molar-refractivity contribution in [3.05, 3.63) is 47.5 Å². The second-order valence-corrected chi connectivity index (χ2v) is 6.44. The number of rotatable bonds is 2. The summed E-state index contributed by atoms with van der Waals surface area (Å²) in [7, 11) is 1.65. The number of benzene rings is 2. The monoisotopic (exact) mass is 328 g/mol. The van der Waals surface area contributed by atoms with Crippen LogP contribution in [0, 0.1) is 5.92 Å². The molecule has 0 saturated heterocycles. The number of aliphatic hydroxyl groups is 1. The van der Waals surface area contributed by atoms with Crippen molar-refractivity contribution < 1.29 is 24.1 Å². The topological polar surface area (TPSA) is 57.2 Å². The summed E-state index contributed by atoms with van der Waals surface area (Å²) in [4.78, 5) is 0. The molecule has 5 heteroatoms. The Kier molecular flexibility index (Phi) is 3.35. The molecular weight excluding hydrogens is 308 g/mol. The summed E-state index contributed by atoms with van der Waals surface area (Å²) in [5.41, 5.74) is 2.08. The van der Waals surface area contributed by atoms with E-state index in [-0.39, 0.29) is 18.6 Å². The second-order valence-electron chi connectivity index (χ2n) is 6.44. The average molecular weight is 328 g/mol. The van der Waals surface area contributed by atoms with E-state index in [2.05, 4.69) is 0 Å². The van der Waals surface area contributed by atoms with Gasteiger partial charge in [0.15, 0.2) is 11.5 Å². The van der Waals surface area contributed by atoms with E-state index in [1.807, 2.05) is 37.3 Å². The molecule has 2 aliphatic heterocycles. The van der Waals surface area contributed by atoms with Crippen LogP contribution in [0.5, 0.6) is 23.0 Å². The number of ether oxygens (including phenoxy) is 4. The first-order valence-corrected chi connectivity index (χ1v) is 7.98.